The zero-order chi connectivity index (χ0) is 20.8. The largest absolute Gasteiger partial charge is 0.295 e. The number of benzene rings is 2. The van der Waals surface area contributed by atoms with Crippen LogP contribution in [0.25, 0.3) is 0 Å². The number of hydrogen-bond donors (Lipinski definition) is 0. The fourth-order valence-electron chi connectivity index (χ4n) is 2.70. The summed E-state index contributed by atoms with van der Waals surface area (Å²) in [4.78, 5) is 10.1. The van der Waals surface area contributed by atoms with Crippen molar-refractivity contribution in [2.45, 2.75) is 37.2 Å². The van der Waals surface area contributed by atoms with Crippen LogP contribution in [-0.4, -0.2) is 24.5 Å². The number of carbonyl (C=O) groups is 1. The van der Waals surface area contributed by atoms with Gasteiger partial charge >= 0.3 is 0 Å². The van der Waals surface area contributed by atoms with Crippen molar-refractivity contribution in [3.63, 3.8) is 0 Å². The van der Waals surface area contributed by atoms with E-state index in [0.717, 1.165) is 4.31 Å². The van der Waals surface area contributed by atoms with Crippen LogP contribution < -0.4 is 0 Å². The Morgan fingerprint density at radius 2 is 1.75 bits per heavy atom. The van der Waals surface area contributed by atoms with Gasteiger partial charge in [0.2, 0.25) is 10.0 Å². The van der Waals surface area contributed by atoms with Crippen molar-refractivity contribution < 1.29 is 30.8 Å². The van der Waals surface area contributed by atoms with Gasteiger partial charge in [-0.15, -0.1) is 0 Å². The number of rotatable bonds is 6. The van der Waals surface area contributed by atoms with Gasteiger partial charge in [-0.2, -0.15) is 4.31 Å². The van der Waals surface area contributed by atoms with E-state index in [-0.39, 0.29) is 23.4 Å². The highest BCUT2D eigenvalue weighted by molar-refractivity contribution is 7.89. The van der Waals surface area contributed by atoms with Crippen LogP contribution in [0.3, 0.4) is 0 Å². The molecule has 0 unspecified atom stereocenters. The molecule has 0 aromatic heterocycles. The summed E-state index contributed by atoms with van der Waals surface area (Å²) in [6, 6.07) is 3.89. The molecule has 0 saturated heterocycles. The Morgan fingerprint density at radius 1 is 1.11 bits per heavy atom. The van der Waals surface area contributed by atoms with Crippen molar-refractivity contribution in [2.75, 3.05) is 0 Å². The van der Waals surface area contributed by atoms with Gasteiger partial charge in [0.05, 0.1) is 0 Å². The highest BCUT2D eigenvalue weighted by atomic mass is 35.5. The van der Waals surface area contributed by atoms with Crippen LogP contribution in [-0.2, 0) is 16.6 Å². The van der Waals surface area contributed by atoms with E-state index in [1.807, 2.05) is 0 Å². The summed E-state index contributed by atoms with van der Waals surface area (Å²) in [5.41, 5.74) is 0.647. The van der Waals surface area contributed by atoms with Crippen molar-refractivity contribution in [1.29, 1.82) is 0 Å². The highest BCUT2D eigenvalue weighted by Crippen LogP contribution is 2.36. The smallest absolute Gasteiger partial charge is 0.246 e. The second-order valence-corrected chi connectivity index (χ2v) is 8.71. The molecule has 4 nitrogen and oxygen atoms in total. The molecule has 0 aliphatic heterocycles. The first-order chi connectivity index (χ1) is 13.0. The van der Waals surface area contributed by atoms with Crippen molar-refractivity contribution in [1.82, 2.24) is 4.31 Å². The number of Topliss-reactive ketones (excluding diaryl/α,β-unsaturated/α-hetero) is 1. The van der Waals surface area contributed by atoms with Gasteiger partial charge in [-0.1, -0.05) is 23.7 Å². The average molecular weight is 436 g/mol. The zero-order valence-corrected chi connectivity index (χ0v) is 16.1. The third kappa shape index (κ3) is 3.78. The van der Waals surface area contributed by atoms with Gasteiger partial charge in [-0.25, -0.2) is 26.0 Å². The summed E-state index contributed by atoms with van der Waals surface area (Å²) in [5, 5.41) is 0.116. The van der Waals surface area contributed by atoms with Gasteiger partial charge in [0.25, 0.3) is 0 Å². The van der Waals surface area contributed by atoms with Gasteiger partial charge in [0.15, 0.2) is 29.1 Å². The summed E-state index contributed by atoms with van der Waals surface area (Å²) >= 11 is 6.12. The molecule has 0 spiro atoms. The van der Waals surface area contributed by atoms with Crippen LogP contribution in [0, 0.1) is 23.3 Å². The Bertz CT molecular complexity index is 1070. The zero-order valence-electron chi connectivity index (χ0n) is 14.5. The predicted octanol–water partition coefficient (Wildman–Crippen LogP) is 4.45. The third-order valence-corrected chi connectivity index (χ3v) is 6.65. The molecule has 10 heteroatoms. The van der Waals surface area contributed by atoms with Gasteiger partial charge in [0, 0.05) is 29.2 Å². The molecule has 2 aromatic rings. The number of carbonyl (C=O) groups excluding carboxylic acids is 1. The molecule has 28 heavy (non-hydrogen) atoms. The standard InChI is InChI=1S/C18H14ClF4NO3S/c1-9(25)10-2-3-11(13(19)6-10)8-24(12-4-5-12)28(26,27)15-7-14(20)16(21)18(23)17(15)22/h2-3,6-7,12H,4-5,8H2,1H3. The second kappa shape index (κ2) is 7.46. The van der Waals surface area contributed by atoms with E-state index in [4.69, 9.17) is 11.6 Å². The van der Waals surface area contributed by atoms with Crippen molar-refractivity contribution in [3.8, 4) is 0 Å². The van der Waals surface area contributed by atoms with Gasteiger partial charge < -0.3 is 0 Å². The quantitative estimate of drug-likeness (QED) is 0.291. The summed E-state index contributed by atoms with van der Waals surface area (Å²) in [6.45, 7) is 1.04. The monoisotopic (exact) mass is 435 g/mol. The first-order valence-corrected chi connectivity index (χ1v) is 10.00. The molecule has 0 heterocycles. The van der Waals surface area contributed by atoms with Gasteiger partial charge in [-0.05, 0) is 31.4 Å². The minimum atomic E-state index is -4.69. The predicted molar refractivity (Wildman–Crippen MR) is 93.5 cm³/mol. The molecule has 1 aliphatic carbocycles. The maximum atomic E-state index is 14.1. The molecule has 3 rings (SSSR count). The molecule has 0 atom stereocenters. The lowest BCUT2D eigenvalue weighted by Crippen LogP contribution is -2.33. The Kier molecular flexibility index (Phi) is 5.53. The molecule has 0 amide bonds. The van der Waals surface area contributed by atoms with Gasteiger partial charge in [-0.3, -0.25) is 4.79 Å². The van der Waals surface area contributed by atoms with Crippen LogP contribution in [0.15, 0.2) is 29.2 Å². The fourth-order valence-corrected chi connectivity index (χ4v) is 4.67. The molecule has 1 fully saturated rings. The molecule has 150 valence electrons. The maximum absolute atomic E-state index is 14.1. The van der Waals surface area contributed by atoms with E-state index < -0.39 is 44.2 Å². The van der Waals surface area contributed by atoms with E-state index >= 15 is 0 Å². The molecule has 0 radical (unpaired) electrons. The number of hydrogen-bond acceptors (Lipinski definition) is 3. The summed E-state index contributed by atoms with van der Waals surface area (Å²) < 4.78 is 81.0. The number of sulfonamides is 1. The van der Waals surface area contributed by atoms with Crippen molar-refractivity contribution >= 4 is 27.4 Å². The second-order valence-electron chi connectivity index (χ2n) is 6.44. The summed E-state index contributed by atoms with van der Waals surface area (Å²) in [6.07, 6.45) is 0.937. The SMILES string of the molecule is CC(=O)c1ccc(CN(C2CC2)S(=O)(=O)c2cc(F)c(F)c(F)c2F)c(Cl)c1. The van der Waals surface area contributed by atoms with Crippen molar-refractivity contribution in [2.24, 2.45) is 0 Å². The summed E-state index contributed by atoms with van der Waals surface area (Å²) in [5.74, 6) is -8.31. The van der Waals surface area contributed by atoms with E-state index in [0.29, 0.717) is 24.0 Å². The Morgan fingerprint density at radius 3 is 2.29 bits per heavy atom. The average Bonchev–Trinajstić information content (AvgIpc) is 3.46. The molecule has 0 bridgehead atoms. The maximum Gasteiger partial charge on any atom is 0.246 e. The Hall–Kier alpha value is -1.97. The number of halogens is 5. The van der Waals surface area contributed by atoms with E-state index in [1.165, 1.54) is 25.1 Å². The Labute approximate surface area is 163 Å². The van der Waals surface area contributed by atoms with Crippen molar-refractivity contribution in [3.05, 3.63) is 63.7 Å². The van der Waals surface area contributed by atoms with E-state index in [9.17, 15) is 30.8 Å². The lowest BCUT2D eigenvalue weighted by molar-refractivity contribution is 0.101. The first kappa shape index (κ1) is 20.8. The van der Waals surface area contributed by atoms with Crippen LogP contribution in [0.2, 0.25) is 5.02 Å². The highest BCUT2D eigenvalue weighted by Gasteiger charge is 2.41. The van der Waals surface area contributed by atoms with Crippen LogP contribution >= 0.6 is 11.6 Å². The lowest BCUT2D eigenvalue weighted by atomic mass is 10.1. The molecule has 1 saturated carbocycles. The van der Waals surface area contributed by atoms with Crippen LogP contribution in [0.4, 0.5) is 17.6 Å². The number of ketones is 1. The number of nitrogens with zero attached hydrogens (tertiary/aromatic N) is 1. The minimum Gasteiger partial charge on any atom is -0.295 e. The molecular weight excluding hydrogens is 422 g/mol. The molecule has 0 N–H and O–H groups in total. The Balaban J connectivity index is 2.03. The fraction of sp³-hybridized carbons (Fsp3) is 0.278. The first-order valence-electron chi connectivity index (χ1n) is 8.18. The topological polar surface area (TPSA) is 54.5 Å². The molecule has 2 aromatic carbocycles. The molecule has 1 aliphatic rings. The lowest BCUT2D eigenvalue weighted by Gasteiger charge is -2.23. The third-order valence-electron chi connectivity index (χ3n) is 4.40. The van der Waals surface area contributed by atoms with Gasteiger partial charge in [0.1, 0.15) is 4.90 Å². The van der Waals surface area contributed by atoms with Crippen LogP contribution in [0.1, 0.15) is 35.7 Å². The normalized spacial score (nSPS) is 14.5. The van der Waals surface area contributed by atoms with E-state index in [1.54, 1.807) is 0 Å². The molecular formula is C18H14ClF4NO3S. The van der Waals surface area contributed by atoms with E-state index in [2.05, 4.69) is 0 Å². The summed E-state index contributed by atoms with van der Waals surface area (Å²) in [7, 11) is -4.69. The minimum absolute atomic E-state index is 0.116. The van der Waals surface area contributed by atoms with Crippen LogP contribution in [0.5, 0.6) is 0 Å².